The summed E-state index contributed by atoms with van der Waals surface area (Å²) in [6, 6.07) is 0. The number of hydrogen-bond donors (Lipinski definition) is 2. The van der Waals surface area contributed by atoms with Crippen LogP contribution in [0.3, 0.4) is 0 Å². The van der Waals surface area contributed by atoms with Crippen LogP contribution in [0.5, 0.6) is 0 Å². The van der Waals surface area contributed by atoms with E-state index in [1.807, 2.05) is 0 Å². The van der Waals surface area contributed by atoms with Crippen LogP contribution < -0.4 is 0 Å². The van der Waals surface area contributed by atoms with Crippen molar-refractivity contribution < 1.29 is 19.7 Å². The van der Waals surface area contributed by atoms with Crippen LogP contribution in [0.25, 0.3) is 0 Å². The van der Waals surface area contributed by atoms with Gasteiger partial charge in [-0.15, -0.1) is 0 Å². The fraction of sp³-hybridized carbons (Fsp3) is 0.944. The molecular formula is C18H32NaO4. The molecule has 2 aliphatic rings. The van der Waals surface area contributed by atoms with E-state index in [9.17, 15) is 9.90 Å². The van der Waals surface area contributed by atoms with Gasteiger partial charge >= 0.3 is 5.97 Å². The molecule has 0 aromatic carbocycles. The zero-order valence-electron chi connectivity index (χ0n) is 15.0. The predicted molar refractivity (Wildman–Crippen MR) is 91.6 cm³/mol. The molecule has 1 heterocycles. The summed E-state index contributed by atoms with van der Waals surface area (Å²) < 4.78 is 6.12. The molecule has 1 saturated carbocycles. The van der Waals surface area contributed by atoms with E-state index in [1.54, 1.807) is 0 Å². The van der Waals surface area contributed by atoms with Gasteiger partial charge < -0.3 is 14.9 Å². The van der Waals surface area contributed by atoms with Crippen molar-refractivity contribution in [3.8, 4) is 0 Å². The fourth-order valence-electron chi connectivity index (χ4n) is 4.25. The van der Waals surface area contributed by atoms with Crippen molar-refractivity contribution in [3.63, 3.8) is 0 Å². The SMILES string of the molecule is CCCCCCC12CCC(O)C1(CCCCCCC(=O)O)O2.[Na]. The molecule has 3 atom stereocenters. The van der Waals surface area contributed by atoms with E-state index in [4.69, 9.17) is 9.84 Å². The van der Waals surface area contributed by atoms with Gasteiger partial charge in [0, 0.05) is 36.0 Å². The Morgan fingerprint density at radius 2 is 1.74 bits per heavy atom. The summed E-state index contributed by atoms with van der Waals surface area (Å²) in [4.78, 5) is 10.5. The monoisotopic (exact) mass is 335 g/mol. The number of carboxylic acids is 1. The number of aliphatic hydroxyl groups excluding tert-OH is 1. The Balaban J connectivity index is 0.00000264. The first-order valence-electron chi connectivity index (χ1n) is 9.16. The molecule has 3 unspecified atom stereocenters. The molecule has 0 aromatic rings. The topological polar surface area (TPSA) is 70.1 Å². The standard InChI is InChI=1S/C18H32O4.Na/c1-2-3-4-8-12-17-14-11-15(19)18(17,22-17)13-9-6-5-7-10-16(20)21;/h15,19H,2-14H2,1H3,(H,20,21);. The largest absolute Gasteiger partial charge is 0.481 e. The van der Waals surface area contributed by atoms with Crippen LogP contribution in [0, 0.1) is 0 Å². The molecule has 4 nitrogen and oxygen atoms in total. The first kappa shape index (κ1) is 21.4. The van der Waals surface area contributed by atoms with Crippen molar-refractivity contribution in [1.29, 1.82) is 0 Å². The summed E-state index contributed by atoms with van der Waals surface area (Å²) in [7, 11) is 0. The summed E-state index contributed by atoms with van der Waals surface area (Å²) in [5.74, 6) is -0.707. The number of aliphatic carboxylic acids is 1. The van der Waals surface area contributed by atoms with Gasteiger partial charge in [-0.05, 0) is 32.1 Å². The number of unbranched alkanes of at least 4 members (excludes halogenated alkanes) is 6. The zero-order valence-corrected chi connectivity index (χ0v) is 17.0. The van der Waals surface area contributed by atoms with E-state index in [2.05, 4.69) is 6.92 Å². The maximum atomic E-state index is 10.5. The second kappa shape index (κ2) is 9.76. The summed E-state index contributed by atoms with van der Waals surface area (Å²) >= 11 is 0. The zero-order chi connectivity index (χ0) is 16.1. The van der Waals surface area contributed by atoms with Gasteiger partial charge in [0.15, 0.2) is 0 Å². The van der Waals surface area contributed by atoms with Gasteiger partial charge in [-0.1, -0.05) is 51.9 Å². The van der Waals surface area contributed by atoms with E-state index in [0.717, 1.165) is 51.4 Å². The third-order valence-electron chi connectivity index (χ3n) is 5.59. The third kappa shape index (κ3) is 5.18. The van der Waals surface area contributed by atoms with Crippen LogP contribution in [-0.4, -0.2) is 63.0 Å². The van der Waals surface area contributed by atoms with E-state index >= 15 is 0 Å². The number of hydrogen-bond acceptors (Lipinski definition) is 3. The number of aliphatic hydroxyl groups is 1. The summed E-state index contributed by atoms with van der Waals surface area (Å²) in [6.07, 6.45) is 12.7. The Bertz CT molecular complexity index is 376. The summed E-state index contributed by atoms with van der Waals surface area (Å²) in [5, 5.41) is 19.0. The molecule has 1 radical (unpaired) electrons. The van der Waals surface area contributed by atoms with Crippen LogP contribution >= 0.6 is 0 Å². The van der Waals surface area contributed by atoms with Gasteiger partial charge in [0.1, 0.15) is 11.2 Å². The van der Waals surface area contributed by atoms with Crippen molar-refractivity contribution in [1.82, 2.24) is 0 Å². The van der Waals surface area contributed by atoms with Crippen molar-refractivity contribution in [2.24, 2.45) is 0 Å². The minimum atomic E-state index is -0.707. The molecule has 5 heteroatoms. The average molecular weight is 335 g/mol. The Hall–Kier alpha value is 0.390. The van der Waals surface area contributed by atoms with Crippen LogP contribution in [0.1, 0.15) is 90.4 Å². The first-order chi connectivity index (χ1) is 10.6. The Kier molecular flexibility index (Phi) is 9.10. The summed E-state index contributed by atoms with van der Waals surface area (Å²) in [5.41, 5.74) is -0.284. The molecule has 1 aliphatic heterocycles. The fourth-order valence-corrected chi connectivity index (χ4v) is 4.25. The molecule has 2 rings (SSSR count). The van der Waals surface area contributed by atoms with Gasteiger partial charge in [-0.3, -0.25) is 4.79 Å². The quantitative estimate of drug-likeness (QED) is 0.324. The first-order valence-corrected chi connectivity index (χ1v) is 9.16. The van der Waals surface area contributed by atoms with Crippen molar-refractivity contribution in [2.45, 2.75) is 108 Å². The molecule has 0 spiro atoms. The molecular weight excluding hydrogens is 303 g/mol. The number of epoxide rings is 1. The number of carbonyl (C=O) groups is 1. The minimum Gasteiger partial charge on any atom is -0.481 e. The number of fused-ring (bicyclic) bond motifs is 1. The van der Waals surface area contributed by atoms with Crippen molar-refractivity contribution in [2.75, 3.05) is 0 Å². The predicted octanol–water partition coefficient (Wildman–Crippen LogP) is 3.66. The molecule has 0 amide bonds. The van der Waals surface area contributed by atoms with Crippen LogP contribution in [0.4, 0.5) is 0 Å². The van der Waals surface area contributed by atoms with E-state index in [1.165, 1.54) is 25.7 Å². The molecule has 2 N–H and O–H groups in total. The molecule has 1 saturated heterocycles. The van der Waals surface area contributed by atoms with Crippen molar-refractivity contribution >= 4 is 35.5 Å². The molecule has 1 aliphatic carbocycles. The van der Waals surface area contributed by atoms with E-state index in [0.29, 0.717) is 0 Å². The second-order valence-corrected chi connectivity index (χ2v) is 7.16. The maximum Gasteiger partial charge on any atom is 0.303 e. The maximum absolute atomic E-state index is 10.5. The Morgan fingerprint density at radius 3 is 2.43 bits per heavy atom. The second-order valence-electron chi connectivity index (χ2n) is 7.16. The van der Waals surface area contributed by atoms with Crippen LogP contribution in [-0.2, 0) is 9.53 Å². The summed E-state index contributed by atoms with van der Waals surface area (Å²) in [6.45, 7) is 2.22. The average Bonchev–Trinajstić information content (AvgIpc) is 3.06. The Morgan fingerprint density at radius 1 is 1.09 bits per heavy atom. The molecule has 129 valence electrons. The number of ether oxygens (including phenoxy) is 1. The van der Waals surface area contributed by atoms with Gasteiger partial charge in [0.05, 0.1) is 6.10 Å². The van der Waals surface area contributed by atoms with E-state index in [-0.39, 0.29) is 53.3 Å². The van der Waals surface area contributed by atoms with Gasteiger partial charge in [0.25, 0.3) is 0 Å². The van der Waals surface area contributed by atoms with Gasteiger partial charge in [0.2, 0.25) is 0 Å². The molecule has 2 fully saturated rings. The van der Waals surface area contributed by atoms with Gasteiger partial charge in [-0.25, -0.2) is 0 Å². The molecule has 0 bridgehead atoms. The molecule has 23 heavy (non-hydrogen) atoms. The molecule has 0 aromatic heterocycles. The number of rotatable bonds is 12. The van der Waals surface area contributed by atoms with E-state index < -0.39 is 5.97 Å². The Labute approximate surface area is 162 Å². The van der Waals surface area contributed by atoms with Gasteiger partial charge in [-0.2, -0.15) is 0 Å². The minimum absolute atomic E-state index is 0. The number of carboxylic acid groups (broad SMARTS) is 1. The third-order valence-corrected chi connectivity index (χ3v) is 5.59. The van der Waals surface area contributed by atoms with Crippen LogP contribution in [0.15, 0.2) is 0 Å². The van der Waals surface area contributed by atoms with Crippen molar-refractivity contribution in [3.05, 3.63) is 0 Å². The normalized spacial score (nSPS) is 31.5. The van der Waals surface area contributed by atoms with Crippen LogP contribution in [0.2, 0.25) is 0 Å². The smallest absolute Gasteiger partial charge is 0.303 e.